The van der Waals surface area contributed by atoms with Crippen molar-refractivity contribution in [3.05, 3.63) is 58.4 Å². The number of halogens is 1. The van der Waals surface area contributed by atoms with Gasteiger partial charge >= 0.3 is 0 Å². The van der Waals surface area contributed by atoms with Gasteiger partial charge in [0.2, 0.25) is 0 Å². The SMILES string of the molecule is Cc1cccc(N(C)C(=O)c2cnc(C)cc2Cl)c1. The Balaban J connectivity index is 2.33. The fraction of sp³-hybridized carbons (Fsp3) is 0.200. The van der Waals surface area contributed by atoms with Crippen molar-refractivity contribution < 1.29 is 4.79 Å². The third kappa shape index (κ3) is 2.93. The van der Waals surface area contributed by atoms with Gasteiger partial charge in [-0.3, -0.25) is 9.78 Å². The van der Waals surface area contributed by atoms with Crippen molar-refractivity contribution in [1.82, 2.24) is 4.98 Å². The Kier molecular flexibility index (Phi) is 3.86. The summed E-state index contributed by atoms with van der Waals surface area (Å²) in [5.74, 6) is -0.164. The molecule has 1 amide bonds. The molecule has 0 radical (unpaired) electrons. The summed E-state index contributed by atoms with van der Waals surface area (Å²) in [6, 6.07) is 9.44. The van der Waals surface area contributed by atoms with Crippen LogP contribution in [0.5, 0.6) is 0 Å². The number of nitrogens with zero attached hydrogens (tertiary/aromatic N) is 2. The third-order valence-electron chi connectivity index (χ3n) is 2.91. The molecule has 0 fully saturated rings. The number of pyridine rings is 1. The van der Waals surface area contributed by atoms with E-state index in [2.05, 4.69) is 4.98 Å². The van der Waals surface area contributed by atoms with E-state index in [1.165, 1.54) is 6.20 Å². The molecule has 1 aromatic carbocycles. The van der Waals surface area contributed by atoms with E-state index in [4.69, 9.17) is 11.6 Å². The summed E-state index contributed by atoms with van der Waals surface area (Å²) < 4.78 is 0. The monoisotopic (exact) mass is 274 g/mol. The van der Waals surface area contributed by atoms with E-state index in [0.29, 0.717) is 10.6 Å². The molecule has 0 aliphatic heterocycles. The van der Waals surface area contributed by atoms with Gasteiger partial charge < -0.3 is 4.90 Å². The Morgan fingerprint density at radius 1 is 1.26 bits per heavy atom. The second-order valence-corrected chi connectivity index (χ2v) is 4.92. The predicted molar refractivity (Wildman–Crippen MR) is 77.9 cm³/mol. The maximum atomic E-state index is 12.4. The van der Waals surface area contributed by atoms with Crippen molar-refractivity contribution >= 4 is 23.2 Å². The van der Waals surface area contributed by atoms with Gasteiger partial charge in [0.25, 0.3) is 5.91 Å². The molecule has 19 heavy (non-hydrogen) atoms. The molecule has 0 unspecified atom stereocenters. The zero-order valence-electron chi connectivity index (χ0n) is 11.1. The van der Waals surface area contributed by atoms with E-state index >= 15 is 0 Å². The lowest BCUT2D eigenvalue weighted by molar-refractivity contribution is 0.0993. The highest BCUT2D eigenvalue weighted by molar-refractivity contribution is 6.34. The Morgan fingerprint density at radius 3 is 2.63 bits per heavy atom. The maximum Gasteiger partial charge on any atom is 0.261 e. The fourth-order valence-corrected chi connectivity index (χ4v) is 2.11. The molecular weight excluding hydrogens is 260 g/mol. The van der Waals surface area contributed by atoms with Crippen molar-refractivity contribution in [2.75, 3.05) is 11.9 Å². The van der Waals surface area contributed by atoms with Gasteiger partial charge in [0, 0.05) is 24.6 Å². The van der Waals surface area contributed by atoms with Gasteiger partial charge in [0.15, 0.2) is 0 Å². The molecular formula is C15H15ClN2O. The van der Waals surface area contributed by atoms with Crippen LogP contribution in [0.25, 0.3) is 0 Å². The van der Waals surface area contributed by atoms with E-state index < -0.39 is 0 Å². The van der Waals surface area contributed by atoms with Gasteiger partial charge in [-0.05, 0) is 37.6 Å². The number of carbonyl (C=O) groups excluding carboxylic acids is 1. The molecule has 4 heteroatoms. The quantitative estimate of drug-likeness (QED) is 0.838. The highest BCUT2D eigenvalue weighted by atomic mass is 35.5. The molecule has 0 N–H and O–H groups in total. The maximum absolute atomic E-state index is 12.4. The van der Waals surface area contributed by atoms with Gasteiger partial charge in [-0.25, -0.2) is 0 Å². The van der Waals surface area contributed by atoms with E-state index in [-0.39, 0.29) is 5.91 Å². The summed E-state index contributed by atoms with van der Waals surface area (Å²) in [6.07, 6.45) is 1.52. The highest BCUT2D eigenvalue weighted by Crippen LogP contribution is 2.21. The topological polar surface area (TPSA) is 33.2 Å². The predicted octanol–water partition coefficient (Wildman–Crippen LogP) is 3.63. The number of aromatic nitrogens is 1. The largest absolute Gasteiger partial charge is 0.311 e. The van der Waals surface area contributed by atoms with Crippen molar-refractivity contribution in [2.24, 2.45) is 0 Å². The lowest BCUT2D eigenvalue weighted by Crippen LogP contribution is -2.26. The first kappa shape index (κ1) is 13.6. The van der Waals surface area contributed by atoms with Gasteiger partial charge in [-0.15, -0.1) is 0 Å². The number of hydrogen-bond acceptors (Lipinski definition) is 2. The molecule has 0 bridgehead atoms. The fourth-order valence-electron chi connectivity index (χ4n) is 1.82. The molecule has 2 aromatic rings. The molecule has 3 nitrogen and oxygen atoms in total. The molecule has 0 atom stereocenters. The highest BCUT2D eigenvalue weighted by Gasteiger charge is 2.17. The molecule has 0 saturated heterocycles. The molecule has 0 aliphatic carbocycles. The lowest BCUT2D eigenvalue weighted by Gasteiger charge is -2.18. The van der Waals surface area contributed by atoms with Crippen LogP contribution in [0.2, 0.25) is 5.02 Å². The first-order valence-corrected chi connectivity index (χ1v) is 6.33. The summed E-state index contributed by atoms with van der Waals surface area (Å²) in [7, 11) is 1.73. The molecule has 0 saturated carbocycles. The second-order valence-electron chi connectivity index (χ2n) is 4.51. The first-order valence-electron chi connectivity index (χ1n) is 5.96. The van der Waals surface area contributed by atoms with E-state index in [1.54, 1.807) is 18.0 Å². The van der Waals surface area contributed by atoms with Crippen molar-refractivity contribution in [3.8, 4) is 0 Å². The van der Waals surface area contributed by atoms with Crippen molar-refractivity contribution in [1.29, 1.82) is 0 Å². The lowest BCUT2D eigenvalue weighted by atomic mass is 10.2. The summed E-state index contributed by atoms with van der Waals surface area (Å²) in [5.41, 5.74) is 3.14. The molecule has 1 heterocycles. The van der Waals surface area contributed by atoms with Crippen LogP contribution in [0.3, 0.4) is 0 Å². The van der Waals surface area contributed by atoms with Gasteiger partial charge in [-0.2, -0.15) is 0 Å². The average Bonchev–Trinajstić information content (AvgIpc) is 2.37. The van der Waals surface area contributed by atoms with E-state index in [0.717, 1.165) is 16.9 Å². The third-order valence-corrected chi connectivity index (χ3v) is 3.23. The number of amides is 1. The van der Waals surface area contributed by atoms with Gasteiger partial charge in [-0.1, -0.05) is 23.7 Å². The number of hydrogen-bond donors (Lipinski definition) is 0. The second kappa shape index (κ2) is 5.41. The molecule has 0 aliphatic rings. The van der Waals surface area contributed by atoms with Crippen LogP contribution in [0.15, 0.2) is 36.5 Å². The van der Waals surface area contributed by atoms with Crippen LogP contribution in [0.1, 0.15) is 21.6 Å². The summed E-state index contributed by atoms with van der Waals surface area (Å²) in [5, 5.41) is 0.428. The summed E-state index contributed by atoms with van der Waals surface area (Å²) in [6.45, 7) is 3.83. The van der Waals surface area contributed by atoms with Crippen LogP contribution < -0.4 is 4.90 Å². The first-order chi connectivity index (χ1) is 8.99. The number of anilines is 1. The van der Waals surface area contributed by atoms with Crippen LogP contribution in [-0.4, -0.2) is 17.9 Å². The zero-order chi connectivity index (χ0) is 14.0. The van der Waals surface area contributed by atoms with Crippen LogP contribution in [-0.2, 0) is 0 Å². The number of rotatable bonds is 2. The molecule has 2 rings (SSSR count). The van der Waals surface area contributed by atoms with E-state index in [1.807, 2.05) is 38.1 Å². The van der Waals surface area contributed by atoms with E-state index in [9.17, 15) is 4.79 Å². The number of aryl methyl sites for hydroxylation is 2. The molecule has 0 spiro atoms. The standard InChI is InChI=1S/C15H15ClN2O/c1-10-5-4-6-12(7-10)18(3)15(19)13-9-17-11(2)8-14(13)16/h4-9H,1-3H3. The van der Waals surface area contributed by atoms with Crippen molar-refractivity contribution in [3.63, 3.8) is 0 Å². The van der Waals surface area contributed by atoms with Crippen LogP contribution in [0, 0.1) is 13.8 Å². The Bertz CT molecular complexity index is 625. The van der Waals surface area contributed by atoms with Gasteiger partial charge in [0.1, 0.15) is 0 Å². The number of carbonyl (C=O) groups is 1. The average molecular weight is 275 g/mol. The smallest absolute Gasteiger partial charge is 0.261 e. The Morgan fingerprint density at radius 2 is 2.00 bits per heavy atom. The Hall–Kier alpha value is -1.87. The summed E-state index contributed by atoms with van der Waals surface area (Å²) >= 11 is 6.10. The van der Waals surface area contributed by atoms with Crippen LogP contribution in [0.4, 0.5) is 5.69 Å². The molecule has 1 aromatic heterocycles. The minimum absolute atomic E-state index is 0.164. The minimum Gasteiger partial charge on any atom is -0.311 e. The minimum atomic E-state index is -0.164. The summed E-state index contributed by atoms with van der Waals surface area (Å²) in [4.78, 5) is 18.1. The number of benzene rings is 1. The molecule has 98 valence electrons. The van der Waals surface area contributed by atoms with Crippen LogP contribution >= 0.6 is 11.6 Å². The zero-order valence-corrected chi connectivity index (χ0v) is 11.9. The normalized spacial score (nSPS) is 10.3. The van der Waals surface area contributed by atoms with Gasteiger partial charge in [0.05, 0.1) is 10.6 Å². The van der Waals surface area contributed by atoms with Crippen molar-refractivity contribution in [2.45, 2.75) is 13.8 Å². The Labute approximate surface area is 117 Å².